The molecule has 0 aliphatic heterocycles. The minimum atomic E-state index is -0.472. The van der Waals surface area contributed by atoms with E-state index >= 15 is 0 Å². The summed E-state index contributed by atoms with van der Waals surface area (Å²) in [7, 11) is 0. The zero-order valence-electron chi connectivity index (χ0n) is 10.0. The monoisotopic (exact) mass is 208 g/mol. The first-order valence-electron chi connectivity index (χ1n) is 5.41. The van der Waals surface area contributed by atoms with Gasteiger partial charge in [0.15, 0.2) is 0 Å². The van der Waals surface area contributed by atoms with E-state index in [0.717, 1.165) is 12.0 Å². The quantitative estimate of drug-likeness (QED) is 0.724. The van der Waals surface area contributed by atoms with Crippen LogP contribution in [0.2, 0.25) is 0 Å². The lowest BCUT2D eigenvalue weighted by molar-refractivity contribution is -0.117. The van der Waals surface area contributed by atoms with E-state index in [1.807, 2.05) is 19.1 Å². The van der Waals surface area contributed by atoms with Crippen molar-refractivity contribution in [1.29, 1.82) is 0 Å². The zero-order valence-corrected chi connectivity index (χ0v) is 10.0. The van der Waals surface area contributed by atoms with Crippen LogP contribution in [0.1, 0.15) is 40.5 Å². The third-order valence-electron chi connectivity index (χ3n) is 3.12. The summed E-state index contributed by atoms with van der Waals surface area (Å²) in [6, 6.07) is 0. The van der Waals surface area contributed by atoms with E-state index in [4.69, 9.17) is 0 Å². The van der Waals surface area contributed by atoms with Gasteiger partial charge in [0.1, 0.15) is 5.78 Å². The van der Waals surface area contributed by atoms with Crippen molar-refractivity contribution in [2.45, 2.75) is 46.6 Å². The van der Waals surface area contributed by atoms with Crippen molar-refractivity contribution in [1.82, 2.24) is 0 Å². The molecule has 1 rings (SSSR count). The third-order valence-corrected chi connectivity index (χ3v) is 3.12. The first kappa shape index (κ1) is 12.2. The molecular weight excluding hydrogens is 188 g/mol. The van der Waals surface area contributed by atoms with Crippen LogP contribution in [0.25, 0.3) is 0 Å². The van der Waals surface area contributed by atoms with Crippen molar-refractivity contribution >= 4 is 5.78 Å². The number of allylic oxidation sites excluding steroid dienone is 2. The number of rotatable bonds is 3. The molecule has 1 aliphatic carbocycles. The van der Waals surface area contributed by atoms with Crippen molar-refractivity contribution in [2.75, 3.05) is 0 Å². The van der Waals surface area contributed by atoms with Gasteiger partial charge in [-0.2, -0.15) is 0 Å². The van der Waals surface area contributed by atoms with Crippen molar-refractivity contribution in [3.8, 4) is 0 Å². The van der Waals surface area contributed by atoms with Crippen LogP contribution in [0.5, 0.6) is 0 Å². The van der Waals surface area contributed by atoms with Gasteiger partial charge in [-0.25, -0.2) is 0 Å². The van der Waals surface area contributed by atoms with E-state index in [-0.39, 0.29) is 11.2 Å². The molecule has 0 heterocycles. The van der Waals surface area contributed by atoms with E-state index in [1.54, 1.807) is 6.92 Å². The molecule has 0 bridgehead atoms. The second kappa shape index (κ2) is 4.31. The second-order valence-electron chi connectivity index (χ2n) is 4.89. The van der Waals surface area contributed by atoms with Crippen LogP contribution in [-0.2, 0) is 4.79 Å². The van der Waals surface area contributed by atoms with Crippen molar-refractivity contribution < 1.29 is 9.90 Å². The highest BCUT2D eigenvalue weighted by molar-refractivity contribution is 5.75. The Labute approximate surface area is 91.7 Å². The van der Waals surface area contributed by atoms with E-state index in [2.05, 4.69) is 13.8 Å². The summed E-state index contributed by atoms with van der Waals surface area (Å²) in [5.74, 6) is 0.204. The summed E-state index contributed by atoms with van der Waals surface area (Å²) in [5.41, 5.74) is 2.18. The fraction of sp³-hybridized carbons (Fsp3) is 0.615. The number of aliphatic hydroxyl groups excluding tert-OH is 1. The molecule has 1 aliphatic rings. The lowest BCUT2D eigenvalue weighted by atomic mass is 9.74. The number of carbonyl (C=O) groups is 1. The topological polar surface area (TPSA) is 37.3 Å². The van der Waals surface area contributed by atoms with Crippen molar-refractivity contribution in [2.24, 2.45) is 5.41 Å². The Morgan fingerprint density at radius 3 is 2.67 bits per heavy atom. The van der Waals surface area contributed by atoms with Crippen LogP contribution >= 0.6 is 0 Å². The Bertz CT molecular complexity index is 321. The molecule has 0 spiro atoms. The Balaban J connectivity index is 2.89. The average Bonchev–Trinajstić information content (AvgIpc) is 2.11. The molecule has 0 fully saturated rings. The molecule has 15 heavy (non-hydrogen) atoms. The summed E-state index contributed by atoms with van der Waals surface area (Å²) >= 11 is 0. The van der Waals surface area contributed by atoms with Gasteiger partial charge in [-0.05, 0) is 25.8 Å². The van der Waals surface area contributed by atoms with Gasteiger partial charge in [0.25, 0.3) is 0 Å². The molecule has 1 atom stereocenters. The molecular formula is C13H20O2. The second-order valence-corrected chi connectivity index (χ2v) is 4.89. The minimum Gasteiger partial charge on any atom is -0.385 e. The molecule has 0 aromatic rings. The lowest BCUT2D eigenvalue weighted by Crippen LogP contribution is -2.23. The van der Waals surface area contributed by atoms with Crippen LogP contribution in [0.4, 0.5) is 0 Å². The molecule has 0 aromatic heterocycles. The third kappa shape index (κ3) is 2.78. The number of aliphatic hydroxyl groups is 1. The van der Waals surface area contributed by atoms with Gasteiger partial charge < -0.3 is 9.90 Å². The van der Waals surface area contributed by atoms with Gasteiger partial charge in [0, 0.05) is 11.8 Å². The van der Waals surface area contributed by atoms with Gasteiger partial charge in [0.2, 0.25) is 0 Å². The Kier molecular flexibility index (Phi) is 3.50. The Morgan fingerprint density at radius 1 is 1.53 bits per heavy atom. The molecule has 84 valence electrons. The van der Waals surface area contributed by atoms with Gasteiger partial charge in [-0.1, -0.05) is 31.6 Å². The molecule has 0 amide bonds. The lowest BCUT2D eigenvalue weighted by Gasteiger charge is -2.32. The van der Waals surface area contributed by atoms with Gasteiger partial charge in [-0.3, -0.25) is 0 Å². The van der Waals surface area contributed by atoms with E-state index in [1.165, 1.54) is 5.57 Å². The van der Waals surface area contributed by atoms with E-state index in [9.17, 15) is 9.90 Å². The van der Waals surface area contributed by atoms with Crippen molar-refractivity contribution in [3.05, 3.63) is 23.3 Å². The maximum absolute atomic E-state index is 11.0. The first-order valence-corrected chi connectivity index (χ1v) is 5.41. The summed E-state index contributed by atoms with van der Waals surface area (Å²) in [5, 5.41) is 9.72. The fourth-order valence-electron chi connectivity index (χ4n) is 2.08. The molecule has 1 unspecified atom stereocenters. The molecule has 0 saturated carbocycles. The number of hydrogen-bond donors (Lipinski definition) is 1. The zero-order chi connectivity index (χ0) is 11.6. The van der Waals surface area contributed by atoms with Crippen molar-refractivity contribution in [3.63, 3.8) is 0 Å². The summed E-state index contributed by atoms with van der Waals surface area (Å²) in [6.45, 7) is 7.80. The molecule has 0 saturated heterocycles. The number of Topliss-reactive ketones (excluding diaryl/α,β-unsaturated/α-hetero) is 1. The normalized spacial score (nSPS) is 24.5. The Morgan fingerprint density at radius 2 is 2.13 bits per heavy atom. The fourth-order valence-corrected chi connectivity index (χ4v) is 2.08. The Hall–Kier alpha value is -0.890. The van der Waals surface area contributed by atoms with Crippen LogP contribution < -0.4 is 0 Å². The highest BCUT2D eigenvalue weighted by atomic mass is 16.3. The van der Waals surface area contributed by atoms with Gasteiger partial charge >= 0.3 is 0 Å². The summed E-state index contributed by atoms with van der Waals surface area (Å²) in [6.07, 6.45) is 4.71. The SMILES string of the molecule is CC(=O)CCC1=C(C)C(O)C=CC1(C)C. The maximum atomic E-state index is 11.0. The van der Waals surface area contributed by atoms with Crippen LogP contribution in [0.3, 0.4) is 0 Å². The maximum Gasteiger partial charge on any atom is 0.130 e. The predicted octanol–water partition coefficient (Wildman–Crippen LogP) is 2.63. The predicted molar refractivity (Wildman–Crippen MR) is 61.5 cm³/mol. The van der Waals surface area contributed by atoms with Crippen LogP contribution in [-0.4, -0.2) is 17.0 Å². The molecule has 2 nitrogen and oxygen atoms in total. The highest BCUT2D eigenvalue weighted by Crippen LogP contribution is 2.38. The summed E-state index contributed by atoms with van der Waals surface area (Å²) < 4.78 is 0. The van der Waals surface area contributed by atoms with E-state index in [0.29, 0.717) is 6.42 Å². The van der Waals surface area contributed by atoms with E-state index < -0.39 is 6.10 Å². The van der Waals surface area contributed by atoms with Crippen LogP contribution in [0.15, 0.2) is 23.3 Å². The van der Waals surface area contributed by atoms with Gasteiger partial charge in [-0.15, -0.1) is 0 Å². The smallest absolute Gasteiger partial charge is 0.130 e. The molecule has 0 aromatic carbocycles. The first-order chi connectivity index (χ1) is 6.84. The van der Waals surface area contributed by atoms with Crippen LogP contribution in [0, 0.1) is 5.41 Å². The largest absolute Gasteiger partial charge is 0.385 e. The minimum absolute atomic E-state index is 0.0290. The number of hydrogen-bond acceptors (Lipinski definition) is 2. The number of ketones is 1. The average molecular weight is 208 g/mol. The molecule has 0 radical (unpaired) electrons. The van der Waals surface area contributed by atoms with Gasteiger partial charge in [0.05, 0.1) is 6.10 Å². The number of carbonyl (C=O) groups excluding carboxylic acids is 1. The standard InChI is InChI=1S/C13H20O2/c1-9(14)5-6-11-10(2)12(15)7-8-13(11,3)4/h7-8,12,15H,5-6H2,1-4H3. The molecule has 1 N–H and O–H groups in total. The molecule has 2 heteroatoms. The summed E-state index contributed by atoms with van der Waals surface area (Å²) in [4.78, 5) is 11.0. The highest BCUT2D eigenvalue weighted by Gasteiger charge is 2.27.